The maximum absolute atomic E-state index is 15.6. The molecular formula is C33H27NO2P2. The van der Waals surface area contributed by atoms with Gasteiger partial charge in [-0.05, 0) is 62.7 Å². The van der Waals surface area contributed by atoms with Gasteiger partial charge in [-0.1, -0.05) is 83.9 Å². The minimum Gasteiger partial charge on any atom is -0.308 e. The third kappa shape index (κ3) is 3.04. The highest BCUT2D eigenvalue weighted by atomic mass is 31.2. The first kappa shape index (κ1) is 23.5. The minimum absolute atomic E-state index is 0.763. The molecule has 7 rings (SSSR count). The van der Waals surface area contributed by atoms with E-state index in [0.717, 1.165) is 65.6 Å². The van der Waals surface area contributed by atoms with E-state index in [2.05, 4.69) is 53.4 Å². The first-order chi connectivity index (χ1) is 18.3. The largest absolute Gasteiger partial charge is 0.308 e. The van der Waals surface area contributed by atoms with Crippen molar-refractivity contribution < 1.29 is 9.13 Å². The molecule has 0 bridgehead atoms. The van der Waals surface area contributed by atoms with E-state index < -0.39 is 14.3 Å². The summed E-state index contributed by atoms with van der Waals surface area (Å²) in [5, 5.41) is 4.77. The van der Waals surface area contributed by atoms with Crippen molar-refractivity contribution in [3.63, 3.8) is 0 Å². The standard InChI is InChI=1S/C33H27NO2P2/c1-22-14-16-27-29(18-22)37(35,25-10-6-4-7-11-25)31-20-24(3)21-32-33(31)34(27)28-17-15-23(2)19-30(28)38(32,36)26-12-8-5-9-13-26/h4-21H,1-3H3. The molecule has 0 amide bonds. The fourth-order valence-corrected chi connectivity index (χ4v) is 12.5. The molecule has 2 heterocycles. The third-order valence-electron chi connectivity index (χ3n) is 7.78. The monoisotopic (exact) mass is 531 g/mol. The van der Waals surface area contributed by atoms with Crippen LogP contribution in [-0.2, 0) is 9.13 Å². The van der Waals surface area contributed by atoms with E-state index in [0.29, 0.717) is 0 Å². The van der Waals surface area contributed by atoms with Crippen LogP contribution < -0.4 is 36.7 Å². The molecule has 0 saturated heterocycles. The Hall–Kier alpha value is -3.64. The molecule has 0 N–H and O–H groups in total. The van der Waals surface area contributed by atoms with E-state index in [1.807, 2.05) is 81.4 Å². The van der Waals surface area contributed by atoms with Gasteiger partial charge < -0.3 is 14.0 Å². The molecule has 2 aliphatic heterocycles. The number of hydrogen-bond acceptors (Lipinski definition) is 3. The number of benzene rings is 5. The summed E-state index contributed by atoms with van der Waals surface area (Å²) in [6.45, 7) is 6.11. The number of anilines is 3. The molecule has 5 aromatic rings. The lowest BCUT2D eigenvalue weighted by molar-refractivity contribution is 0.592. The maximum Gasteiger partial charge on any atom is 0.175 e. The van der Waals surface area contributed by atoms with Gasteiger partial charge in [0.05, 0.1) is 17.1 Å². The zero-order valence-corrected chi connectivity index (χ0v) is 23.3. The molecule has 0 aromatic heterocycles. The van der Waals surface area contributed by atoms with Crippen LogP contribution in [-0.4, -0.2) is 0 Å². The van der Waals surface area contributed by atoms with Crippen LogP contribution in [0.5, 0.6) is 0 Å². The summed E-state index contributed by atoms with van der Waals surface area (Å²) >= 11 is 0. The highest BCUT2D eigenvalue weighted by Crippen LogP contribution is 2.60. The van der Waals surface area contributed by atoms with Crippen LogP contribution >= 0.6 is 14.3 Å². The molecule has 2 atom stereocenters. The lowest BCUT2D eigenvalue weighted by Crippen LogP contribution is -2.46. The number of hydrogen-bond donors (Lipinski definition) is 0. The SMILES string of the molecule is Cc1ccc2c(c1)P(=O)(c1ccccc1)c1cc(C)cc3c1N2c1ccc(C)cc1P3(=O)c1ccccc1. The van der Waals surface area contributed by atoms with E-state index in [1.54, 1.807) is 0 Å². The first-order valence-electron chi connectivity index (χ1n) is 12.8. The van der Waals surface area contributed by atoms with Crippen LogP contribution in [0.4, 0.5) is 17.1 Å². The van der Waals surface area contributed by atoms with Crippen LogP contribution in [0, 0.1) is 20.8 Å². The van der Waals surface area contributed by atoms with Gasteiger partial charge in [0, 0.05) is 31.8 Å². The molecule has 2 aliphatic rings. The average molecular weight is 532 g/mol. The van der Waals surface area contributed by atoms with E-state index in [1.165, 1.54) is 0 Å². The number of fused-ring (bicyclic) bond motifs is 4. The van der Waals surface area contributed by atoms with E-state index in [9.17, 15) is 0 Å². The molecule has 186 valence electrons. The lowest BCUT2D eigenvalue weighted by Gasteiger charge is -2.44. The summed E-state index contributed by atoms with van der Waals surface area (Å²) in [6, 6.07) is 36.2. The maximum atomic E-state index is 15.6. The van der Waals surface area contributed by atoms with Crippen LogP contribution in [0.15, 0.2) is 109 Å². The molecule has 0 aliphatic carbocycles. The molecule has 0 fully saturated rings. The highest BCUT2D eigenvalue weighted by Gasteiger charge is 2.49. The van der Waals surface area contributed by atoms with Gasteiger partial charge in [-0.15, -0.1) is 0 Å². The van der Waals surface area contributed by atoms with Crippen molar-refractivity contribution in [3.8, 4) is 0 Å². The normalized spacial score (nSPS) is 20.9. The van der Waals surface area contributed by atoms with Crippen LogP contribution in [0.25, 0.3) is 0 Å². The van der Waals surface area contributed by atoms with Crippen LogP contribution in [0.1, 0.15) is 16.7 Å². The van der Waals surface area contributed by atoms with Crippen LogP contribution in [0.2, 0.25) is 0 Å². The van der Waals surface area contributed by atoms with Gasteiger partial charge >= 0.3 is 0 Å². The lowest BCUT2D eigenvalue weighted by atomic mass is 10.1. The van der Waals surface area contributed by atoms with Gasteiger partial charge in [0.15, 0.2) is 14.3 Å². The fraction of sp³-hybridized carbons (Fsp3) is 0.0909. The zero-order valence-electron chi connectivity index (χ0n) is 21.6. The molecule has 5 aromatic carbocycles. The Balaban J connectivity index is 1.70. The Bertz CT molecular complexity index is 1730. The smallest absolute Gasteiger partial charge is 0.175 e. The molecule has 3 nitrogen and oxygen atoms in total. The number of nitrogens with zero attached hydrogens (tertiary/aromatic N) is 1. The summed E-state index contributed by atoms with van der Waals surface area (Å²) in [7, 11) is -6.55. The van der Waals surface area contributed by atoms with Gasteiger partial charge in [0.2, 0.25) is 0 Å². The van der Waals surface area contributed by atoms with Crippen molar-refractivity contribution in [1.29, 1.82) is 0 Å². The topological polar surface area (TPSA) is 37.4 Å². The van der Waals surface area contributed by atoms with E-state index in [4.69, 9.17) is 0 Å². The minimum atomic E-state index is -3.28. The Morgan fingerprint density at radius 1 is 0.474 bits per heavy atom. The molecule has 0 spiro atoms. The second-order valence-corrected chi connectivity index (χ2v) is 15.8. The summed E-state index contributed by atoms with van der Waals surface area (Å²) in [5.41, 5.74) is 5.68. The second kappa shape index (κ2) is 8.18. The summed E-state index contributed by atoms with van der Waals surface area (Å²) in [4.78, 5) is 2.21. The summed E-state index contributed by atoms with van der Waals surface area (Å²) in [6.07, 6.45) is 0. The van der Waals surface area contributed by atoms with Crippen molar-refractivity contribution in [2.24, 2.45) is 0 Å². The van der Waals surface area contributed by atoms with E-state index in [-0.39, 0.29) is 0 Å². The Morgan fingerprint density at radius 2 is 0.868 bits per heavy atom. The molecule has 0 saturated carbocycles. The van der Waals surface area contributed by atoms with Crippen LogP contribution in [0.3, 0.4) is 0 Å². The van der Waals surface area contributed by atoms with Crippen molar-refractivity contribution in [2.75, 3.05) is 4.90 Å². The van der Waals surface area contributed by atoms with Gasteiger partial charge in [0.1, 0.15) is 0 Å². The predicted molar refractivity (Wildman–Crippen MR) is 161 cm³/mol. The molecule has 0 radical (unpaired) electrons. The van der Waals surface area contributed by atoms with Gasteiger partial charge in [-0.2, -0.15) is 0 Å². The fourth-order valence-electron chi connectivity index (χ4n) is 6.06. The second-order valence-electron chi connectivity index (χ2n) is 10.4. The highest BCUT2D eigenvalue weighted by molar-refractivity contribution is 7.88. The predicted octanol–water partition coefficient (Wildman–Crippen LogP) is 5.99. The van der Waals surface area contributed by atoms with Gasteiger partial charge in [-0.25, -0.2) is 0 Å². The molecule has 38 heavy (non-hydrogen) atoms. The summed E-state index contributed by atoms with van der Waals surface area (Å²) in [5.74, 6) is 0. The molecular weight excluding hydrogens is 504 g/mol. The molecule has 5 heteroatoms. The van der Waals surface area contributed by atoms with Crippen molar-refractivity contribution in [2.45, 2.75) is 20.8 Å². The number of rotatable bonds is 2. The zero-order chi connectivity index (χ0) is 26.2. The van der Waals surface area contributed by atoms with Gasteiger partial charge in [-0.3, -0.25) is 0 Å². The number of aryl methyl sites for hydroxylation is 3. The first-order valence-corrected chi connectivity index (χ1v) is 16.2. The Kier molecular flexibility index (Phi) is 5.05. The Labute approximate surface area is 223 Å². The Morgan fingerprint density at radius 3 is 1.29 bits per heavy atom. The van der Waals surface area contributed by atoms with Crippen molar-refractivity contribution >= 4 is 63.2 Å². The summed E-state index contributed by atoms with van der Waals surface area (Å²) < 4.78 is 31.2. The van der Waals surface area contributed by atoms with Gasteiger partial charge in [0.25, 0.3) is 0 Å². The van der Waals surface area contributed by atoms with E-state index >= 15 is 9.13 Å². The third-order valence-corrected chi connectivity index (χ3v) is 13.9. The van der Waals surface area contributed by atoms with Crippen molar-refractivity contribution in [3.05, 3.63) is 126 Å². The average Bonchev–Trinajstić information content (AvgIpc) is 2.94. The van der Waals surface area contributed by atoms with Crippen molar-refractivity contribution in [1.82, 2.24) is 0 Å². The molecule has 2 unspecified atom stereocenters. The quantitative estimate of drug-likeness (QED) is 0.258.